The number of carbonyl (C=O) groups excluding carboxylic acids is 1. The Balaban J connectivity index is 1.92. The van der Waals surface area contributed by atoms with Gasteiger partial charge in [-0.1, -0.05) is 17.7 Å². The van der Waals surface area contributed by atoms with Gasteiger partial charge in [0.25, 0.3) is 15.9 Å². The van der Waals surface area contributed by atoms with E-state index in [4.69, 9.17) is 0 Å². The van der Waals surface area contributed by atoms with Crippen molar-refractivity contribution < 1.29 is 13.2 Å². The molecule has 3 rings (SSSR count). The molecule has 1 fully saturated rings. The number of rotatable bonds is 5. The Hall–Kier alpha value is -2.54. The number of anilines is 2. The van der Waals surface area contributed by atoms with Crippen molar-refractivity contribution in [3.05, 3.63) is 53.6 Å². The van der Waals surface area contributed by atoms with Crippen LogP contribution in [0.3, 0.4) is 0 Å². The summed E-state index contributed by atoms with van der Waals surface area (Å²) in [7, 11) is 0.0279. The van der Waals surface area contributed by atoms with E-state index < -0.39 is 10.0 Å². The molecule has 1 aliphatic rings. The number of likely N-dealkylation sites (tertiary alicyclic amines) is 1. The van der Waals surface area contributed by atoms with E-state index in [1.807, 2.05) is 30.8 Å². The molecular formula is C21H27N3O3S. The molecular weight excluding hydrogens is 374 g/mol. The lowest BCUT2D eigenvalue weighted by atomic mass is 10.1. The first kappa shape index (κ1) is 20.2. The van der Waals surface area contributed by atoms with Gasteiger partial charge in [0.15, 0.2) is 0 Å². The number of sulfonamides is 1. The van der Waals surface area contributed by atoms with Gasteiger partial charge in [0.1, 0.15) is 0 Å². The van der Waals surface area contributed by atoms with Gasteiger partial charge in [0.05, 0.1) is 10.5 Å². The predicted octanol–water partition coefficient (Wildman–Crippen LogP) is 3.49. The molecule has 0 saturated carbocycles. The van der Waals surface area contributed by atoms with Crippen LogP contribution in [0.25, 0.3) is 0 Å². The Morgan fingerprint density at radius 3 is 2.25 bits per heavy atom. The lowest BCUT2D eigenvalue weighted by Gasteiger charge is -2.28. The Morgan fingerprint density at radius 2 is 1.64 bits per heavy atom. The summed E-state index contributed by atoms with van der Waals surface area (Å²) < 4.78 is 28.0. The third kappa shape index (κ3) is 4.47. The van der Waals surface area contributed by atoms with Crippen LogP contribution in [0.5, 0.6) is 0 Å². The molecule has 0 radical (unpaired) electrons. The van der Waals surface area contributed by atoms with Crippen LogP contribution < -0.4 is 9.62 Å². The zero-order valence-electron chi connectivity index (χ0n) is 16.6. The molecule has 2 aromatic rings. The van der Waals surface area contributed by atoms with E-state index in [-0.39, 0.29) is 10.8 Å². The molecule has 28 heavy (non-hydrogen) atoms. The number of nitrogens with zero attached hydrogens (tertiary/aromatic N) is 2. The third-order valence-electron chi connectivity index (χ3n) is 4.94. The standard InChI is InChI=1S/C21H27N3O3S/c1-16-7-10-18(11-8-16)28(26,27)22-17-9-12-20(23(2)3)19(15-17)21(25)24-13-5-4-6-14-24/h7-12,15,22H,4-6,13-14H2,1-3H3. The lowest BCUT2D eigenvalue weighted by Crippen LogP contribution is -2.36. The van der Waals surface area contributed by atoms with Crippen LogP contribution in [0.2, 0.25) is 0 Å². The molecule has 2 aromatic carbocycles. The van der Waals surface area contributed by atoms with E-state index in [9.17, 15) is 13.2 Å². The van der Waals surface area contributed by atoms with Gasteiger partial charge in [0, 0.05) is 38.6 Å². The molecule has 0 aromatic heterocycles. The number of benzene rings is 2. The molecule has 0 unspecified atom stereocenters. The summed E-state index contributed by atoms with van der Waals surface area (Å²) >= 11 is 0. The van der Waals surface area contributed by atoms with Gasteiger partial charge in [0.2, 0.25) is 0 Å². The second-order valence-electron chi connectivity index (χ2n) is 7.40. The summed E-state index contributed by atoms with van der Waals surface area (Å²) in [6, 6.07) is 11.8. The highest BCUT2D eigenvalue weighted by Gasteiger charge is 2.23. The second kappa shape index (κ2) is 8.22. The van der Waals surface area contributed by atoms with Crippen molar-refractivity contribution in [1.29, 1.82) is 0 Å². The highest BCUT2D eigenvalue weighted by molar-refractivity contribution is 7.92. The summed E-state index contributed by atoms with van der Waals surface area (Å²) in [5, 5.41) is 0. The lowest BCUT2D eigenvalue weighted by molar-refractivity contribution is 0.0725. The maximum absolute atomic E-state index is 13.1. The largest absolute Gasteiger partial charge is 0.377 e. The van der Waals surface area contributed by atoms with Crippen LogP contribution in [0.1, 0.15) is 35.2 Å². The number of aryl methyl sites for hydroxylation is 1. The number of hydrogen-bond donors (Lipinski definition) is 1. The van der Waals surface area contributed by atoms with Gasteiger partial charge >= 0.3 is 0 Å². The van der Waals surface area contributed by atoms with Gasteiger partial charge in [-0.25, -0.2) is 8.42 Å². The SMILES string of the molecule is Cc1ccc(S(=O)(=O)Nc2ccc(N(C)C)c(C(=O)N3CCCCC3)c2)cc1. The fourth-order valence-electron chi connectivity index (χ4n) is 3.36. The van der Waals surface area contributed by atoms with Crippen molar-refractivity contribution >= 4 is 27.3 Å². The zero-order valence-corrected chi connectivity index (χ0v) is 17.4. The third-order valence-corrected chi connectivity index (χ3v) is 6.33. The van der Waals surface area contributed by atoms with Crippen LogP contribution in [0, 0.1) is 6.92 Å². The van der Waals surface area contributed by atoms with Crippen molar-refractivity contribution in [1.82, 2.24) is 4.90 Å². The number of piperidine rings is 1. The van der Waals surface area contributed by atoms with Crippen molar-refractivity contribution in [2.75, 3.05) is 36.8 Å². The quantitative estimate of drug-likeness (QED) is 0.833. The van der Waals surface area contributed by atoms with Crippen molar-refractivity contribution in [2.45, 2.75) is 31.1 Å². The summed E-state index contributed by atoms with van der Waals surface area (Å²) in [4.78, 5) is 17.0. The van der Waals surface area contributed by atoms with E-state index in [1.165, 1.54) is 0 Å². The van der Waals surface area contributed by atoms with E-state index in [0.29, 0.717) is 11.3 Å². The summed E-state index contributed by atoms with van der Waals surface area (Å²) in [6.07, 6.45) is 3.15. The van der Waals surface area contributed by atoms with Crippen LogP contribution in [-0.4, -0.2) is 46.4 Å². The van der Waals surface area contributed by atoms with Gasteiger partial charge in [-0.15, -0.1) is 0 Å². The van der Waals surface area contributed by atoms with E-state index in [2.05, 4.69) is 4.72 Å². The van der Waals surface area contributed by atoms with E-state index in [0.717, 1.165) is 43.6 Å². The van der Waals surface area contributed by atoms with Gasteiger partial charge in [-0.05, 0) is 56.5 Å². The molecule has 1 amide bonds. The molecule has 0 aliphatic carbocycles. The average Bonchev–Trinajstić information content (AvgIpc) is 2.68. The number of amides is 1. The maximum atomic E-state index is 13.1. The van der Waals surface area contributed by atoms with Crippen molar-refractivity contribution in [3.63, 3.8) is 0 Å². The number of carbonyl (C=O) groups is 1. The average molecular weight is 402 g/mol. The Bertz CT molecular complexity index is 947. The molecule has 0 spiro atoms. The minimum atomic E-state index is -3.72. The zero-order chi connectivity index (χ0) is 20.3. The Labute approximate surface area is 167 Å². The molecule has 0 atom stereocenters. The van der Waals surface area contributed by atoms with Crippen LogP contribution in [0.15, 0.2) is 47.4 Å². The predicted molar refractivity (Wildman–Crippen MR) is 113 cm³/mol. The van der Waals surface area contributed by atoms with E-state index >= 15 is 0 Å². The molecule has 1 aliphatic heterocycles. The maximum Gasteiger partial charge on any atom is 0.261 e. The fourth-order valence-corrected chi connectivity index (χ4v) is 4.41. The highest BCUT2D eigenvalue weighted by Crippen LogP contribution is 2.27. The van der Waals surface area contributed by atoms with E-state index in [1.54, 1.807) is 42.5 Å². The topological polar surface area (TPSA) is 69.7 Å². The molecule has 7 heteroatoms. The molecule has 6 nitrogen and oxygen atoms in total. The van der Waals surface area contributed by atoms with Gasteiger partial charge < -0.3 is 9.80 Å². The normalized spacial score (nSPS) is 14.6. The van der Waals surface area contributed by atoms with Crippen LogP contribution >= 0.6 is 0 Å². The molecule has 0 bridgehead atoms. The fraction of sp³-hybridized carbons (Fsp3) is 0.381. The first-order valence-electron chi connectivity index (χ1n) is 9.48. The molecule has 1 heterocycles. The van der Waals surface area contributed by atoms with Gasteiger partial charge in [-0.3, -0.25) is 9.52 Å². The number of hydrogen-bond acceptors (Lipinski definition) is 4. The molecule has 1 N–H and O–H groups in total. The van der Waals surface area contributed by atoms with Crippen molar-refractivity contribution in [2.24, 2.45) is 0 Å². The Morgan fingerprint density at radius 1 is 1.00 bits per heavy atom. The Kier molecular flexibility index (Phi) is 5.93. The minimum Gasteiger partial charge on any atom is -0.377 e. The summed E-state index contributed by atoms with van der Waals surface area (Å²) in [5.41, 5.74) is 2.65. The molecule has 150 valence electrons. The van der Waals surface area contributed by atoms with Crippen LogP contribution in [-0.2, 0) is 10.0 Å². The smallest absolute Gasteiger partial charge is 0.261 e. The number of nitrogens with one attached hydrogen (secondary N) is 1. The van der Waals surface area contributed by atoms with Gasteiger partial charge in [-0.2, -0.15) is 0 Å². The van der Waals surface area contributed by atoms with Crippen LogP contribution in [0.4, 0.5) is 11.4 Å². The summed E-state index contributed by atoms with van der Waals surface area (Å²) in [5.74, 6) is -0.0558. The minimum absolute atomic E-state index is 0.0558. The van der Waals surface area contributed by atoms with Crippen molar-refractivity contribution in [3.8, 4) is 0 Å². The first-order chi connectivity index (χ1) is 13.3. The first-order valence-corrected chi connectivity index (χ1v) is 11.0. The second-order valence-corrected chi connectivity index (χ2v) is 9.08. The highest BCUT2D eigenvalue weighted by atomic mass is 32.2. The molecule has 1 saturated heterocycles. The monoisotopic (exact) mass is 401 g/mol. The summed E-state index contributed by atoms with van der Waals surface area (Å²) in [6.45, 7) is 3.39.